The van der Waals surface area contributed by atoms with Crippen LogP contribution < -0.4 is 5.32 Å². The summed E-state index contributed by atoms with van der Waals surface area (Å²) in [7, 11) is 0. The fourth-order valence-corrected chi connectivity index (χ4v) is 1.41. The van der Waals surface area contributed by atoms with Gasteiger partial charge in [0.1, 0.15) is 0 Å². The van der Waals surface area contributed by atoms with E-state index in [1.54, 1.807) is 11.3 Å². The first-order chi connectivity index (χ1) is 5.18. The first-order valence-electron chi connectivity index (χ1n) is 3.83. The molecule has 0 fully saturated rings. The van der Waals surface area contributed by atoms with Crippen molar-refractivity contribution in [3.63, 3.8) is 0 Å². The van der Waals surface area contributed by atoms with E-state index < -0.39 is 0 Å². The van der Waals surface area contributed by atoms with Crippen LogP contribution in [-0.2, 0) is 6.54 Å². The fourth-order valence-electron chi connectivity index (χ4n) is 0.798. The number of rotatable bonds is 3. The van der Waals surface area contributed by atoms with E-state index >= 15 is 0 Å². The minimum absolute atomic E-state index is 0.539. The third kappa shape index (κ3) is 2.99. The molecule has 3 heteroatoms. The SMILES string of the molecule is Cc1nc(CNC(C)C)cs1. The van der Waals surface area contributed by atoms with Gasteiger partial charge in [0.2, 0.25) is 0 Å². The largest absolute Gasteiger partial charge is 0.309 e. The highest BCUT2D eigenvalue weighted by atomic mass is 32.1. The van der Waals surface area contributed by atoms with Crippen LogP contribution in [0.4, 0.5) is 0 Å². The predicted molar refractivity (Wildman–Crippen MR) is 48.8 cm³/mol. The summed E-state index contributed by atoms with van der Waals surface area (Å²) in [6, 6.07) is 0.539. The molecule has 0 radical (unpaired) electrons. The monoisotopic (exact) mass is 170 g/mol. The van der Waals surface area contributed by atoms with E-state index in [1.165, 1.54) is 0 Å². The molecule has 0 atom stereocenters. The lowest BCUT2D eigenvalue weighted by Gasteiger charge is -2.04. The van der Waals surface area contributed by atoms with E-state index in [4.69, 9.17) is 0 Å². The minimum Gasteiger partial charge on any atom is -0.309 e. The summed E-state index contributed by atoms with van der Waals surface area (Å²) >= 11 is 1.70. The van der Waals surface area contributed by atoms with E-state index in [0.29, 0.717) is 6.04 Å². The lowest BCUT2D eigenvalue weighted by Crippen LogP contribution is -2.21. The van der Waals surface area contributed by atoms with Crippen LogP contribution in [0.25, 0.3) is 0 Å². The van der Waals surface area contributed by atoms with E-state index in [0.717, 1.165) is 17.2 Å². The van der Waals surface area contributed by atoms with Gasteiger partial charge < -0.3 is 5.32 Å². The lowest BCUT2D eigenvalue weighted by molar-refractivity contribution is 0.582. The summed E-state index contributed by atoms with van der Waals surface area (Å²) in [6.07, 6.45) is 0. The second-order valence-corrected chi connectivity index (χ2v) is 3.96. The molecule has 0 spiro atoms. The summed E-state index contributed by atoms with van der Waals surface area (Å²) in [5.41, 5.74) is 1.15. The van der Waals surface area contributed by atoms with Crippen molar-refractivity contribution in [2.75, 3.05) is 0 Å². The highest BCUT2D eigenvalue weighted by Crippen LogP contribution is 2.07. The molecule has 0 unspecified atom stereocenters. The van der Waals surface area contributed by atoms with Gasteiger partial charge in [-0.1, -0.05) is 13.8 Å². The molecular weight excluding hydrogens is 156 g/mol. The highest BCUT2D eigenvalue weighted by molar-refractivity contribution is 7.09. The summed E-state index contributed by atoms with van der Waals surface area (Å²) < 4.78 is 0. The summed E-state index contributed by atoms with van der Waals surface area (Å²) in [5, 5.41) is 6.57. The Morgan fingerprint density at radius 3 is 2.82 bits per heavy atom. The second kappa shape index (κ2) is 3.83. The molecule has 1 aromatic heterocycles. The lowest BCUT2D eigenvalue weighted by atomic mass is 10.4. The van der Waals surface area contributed by atoms with Crippen LogP contribution in [0.2, 0.25) is 0 Å². The Morgan fingerprint density at radius 1 is 1.64 bits per heavy atom. The number of nitrogens with one attached hydrogen (secondary N) is 1. The average Bonchev–Trinajstić information content (AvgIpc) is 2.31. The van der Waals surface area contributed by atoms with Crippen molar-refractivity contribution in [1.82, 2.24) is 10.3 Å². The van der Waals surface area contributed by atoms with Gasteiger partial charge >= 0.3 is 0 Å². The number of nitrogens with zero attached hydrogens (tertiary/aromatic N) is 1. The Bertz CT molecular complexity index is 218. The number of hydrogen-bond donors (Lipinski definition) is 1. The molecule has 1 N–H and O–H groups in total. The van der Waals surface area contributed by atoms with Crippen LogP contribution in [-0.4, -0.2) is 11.0 Å². The van der Waals surface area contributed by atoms with Crippen molar-refractivity contribution < 1.29 is 0 Å². The molecule has 1 aromatic rings. The predicted octanol–water partition coefficient (Wildman–Crippen LogP) is 1.95. The molecule has 0 aliphatic rings. The highest BCUT2D eigenvalue weighted by Gasteiger charge is 1.97. The number of aryl methyl sites for hydroxylation is 1. The zero-order valence-electron chi connectivity index (χ0n) is 7.22. The van der Waals surface area contributed by atoms with Crippen molar-refractivity contribution in [3.05, 3.63) is 16.1 Å². The molecule has 0 saturated heterocycles. The maximum absolute atomic E-state index is 4.34. The summed E-state index contributed by atoms with van der Waals surface area (Å²) in [6.45, 7) is 7.20. The van der Waals surface area contributed by atoms with Crippen LogP contribution in [0, 0.1) is 6.92 Å². The molecule has 0 bridgehead atoms. The smallest absolute Gasteiger partial charge is 0.0897 e. The molecule has 0 aromatic carbocycles. The standard InChI is InChI=1S/C8H14N2S/c1-6(2)9-4-8-5-11-7(3)10-8/h5-6,9H,4H2,1-3H3. The molecule has 0 aliphatic heterocycles. The van der Waals surface area contributed by atoms with E-state index in [9.17, 15) is 0 Å². The average molecular weight is 170 g/mol. The second-order valence-electron chi connectivity index (χ2n) is 2.89. The molecule has 0 amide bonds. The quantitative estimate of drug-likeness (QED) is 0.750. The Labute approximate surface area is 71.7 Å². The molecule has 2 nitrogen and oxygen atoms in total. The molecule has 0 saturated carbocycles. The molecule has 1 rings (SSSR count). The van der Waals surface area contributed by atoms with Gasteiger partial charge in [0.05, 0.1) is 10.7 Å². The van der Waals surface area contributed by atoms with Crippen LogP contribution in [0.5, 0.6) is 0 Å². The first-order valence-corrected chi connectivity index (χ1v) is 4.71. The maximum atomic E-state index is 4.34. The number of thiazole rings is 1. The molecule has 0 aliphatic carbocycles. The van der Waals surface area contributed by atoms with Crippen LogP contribution in [0.1, 0.15) is 24.5 Å². The van der Waals surface area contributed by atoms with Crippen molar-refractivity contribution in [2.24, 2.45) is 0 Å². The van der Waals surface area contributed by atoms with Crippen molar-refractivity contribution >= 4 is 11.3 Å². The first kappa shape index (κ1) is 8.68. The van der Waals surface area contributed by atoms with E-state index in [-0.39, 0.29) is 0 Å². The van der Waals surface area contributed by atoms with Gasteiger partial charge in [-0.2, -0.15) is 0 Å². The Balaban J connectivity index is 2.39. The van der Waals surface area contributed by atoms with Gasteiger partial charge in [-0.3, -0.25) is 0 Å². The van der Waals surface area contributed by atoms with Gasteiger partial charge in [-0.15, -0.1) is 11.3 Å². The van der Waals surface area contributed by atoms with Gasteiger partial charge in [0.25, 0.3) is 0 Å². The molecule has 11 heavy (non-hydrogen) atoms. The summed E-state index contributed by atoms with van der Waals surface area (Å²) in [5.74, 6) is 0. The zero-order valence-corrected chi connectivity index (χ0v) is 8.03. The van der Waals surface area contributed by atoms with Gasteiger partial charge in [0, 0.05) is 18.0 Å². The molecular formula is C8H14N2S. The van der Waals surface area contributed by atoms with Crippen LogP contribution in [0.3, 0.4) is 0 Å². The normalized spacial score (nSPS) is 10.9. The van der Waals surface area contributed by atoms with Gasteiger partial charge in [-0.05, 0) is 6.92 Å². The Hall–Kier alpha value is -0.410. The minimum atomic E-state index is 0.539. The van der Waals surface area contributed by atoms with Crippen molar-refractivity contribution in [2.45, 2.75) is 33.4 Å². The van der Waals surface area contributed by atoms with Gasteiger partial charge in [0.15, 0.2) is 0 Å². The molecule has 1 heterocycles. The van der Waals surface area contributed by atoms with Crippen molar-refractivity contribution in [3.8, 4) is 0 Å². The number of aromatic nitrogens is 1. The zero-order chi connectivity index (χ0) is 8.27. The van der Waals surface area contributed by atoms with Crippen molar-refractivity contribution in [1.29, 1.82) is 0 Å². The molecule has 62 valence electrons. The third-order valence-corrected chi connectivity index (χ3v) is 2.18. The summed E-state index contributed by atoms with van der Waals surface area (Å²) in [4.78, 5) is 4.34. The topological polar surface area (TPSA) is 24.9 Å². The van der Waals surface area contributed by atoms with E-state index in [1.807, 2.05) is 6.92 Å². The maximum Gasteiger partial charge on any atom is 0.0897 e. The number of hydrogen-bond acceptors (Lipinski definition) is 3. The Kier molecular flexibility index (Phi) is 3.02. The fraction of sp³-hybridized carbons (Fsp3) is 0.625. The third-order valence-electron chi connectivity index (χ3n) is 1.36. The van der Waals surface area contributed by atoms with Crippen LogP contribution >= 0.6 is 11.3 Å². The van der Waals surface area contributed by atoms with Gasteiger partial charge in [-0.25, -0.2) is 4.98 Å². The van der Waals surface area contributed by atoms with E-state index in [2.05, 4.69) is 29.5 Å². The Morgan fingerprint density at radius 2 is 2.36 bits per heavy atom. The van der Waals surface area contributed by atoms with Crippen LogP contribution in [0.15, 0.2) is 5.38 Å².